The van der Waals surface area contributed by atoms with E-state index in [0.717, 1.165) is 11.0 Å². The maximum absolute atomic E-state index is 11.5. The number of primary sulfonamides is 1. The molecule has 0 radical (unpaired) electrons. The van der Waals surface area contributed by atoms with Crippen molar-refractivity contribution in [3.63, 3.8) is 0 Å². The summed E-state index contributed by atoms with van der Waals surface area (Å²) in [6.45, 7) is 4.98. The molecule has 0 atom stereocenters. The third kappa shape index (κ3) is 5.47. The molecular formula is C23H26N6O2S2. The Hall–Kier alpha value is -3.08. The Morgan fingerprint density at radius 1 is 1.06 bits per heavy atom. The molecule has 2 heterocycles. The average Bonchev–Trinajstić information content (AvgIpc) is 3.13. The fourth-order valence-corrected chi connectivity index (χ4v) is 4.90. The molecule has 0 amide bonds. The highest BCUT2D eigenvalue weighted by atomic mass is 32.2. The summed E-state index contributed by atoms with van der Waals surface area (Å²) in [7, 11) is -1.79. The molecule has 0 bridgehead atoms. The second kappa shape index (κ2) is 9.42. The third-order valence-corrected chi connectivity index (χ3v) is 6.99. The smallest absolute Gasteiger partial charge is 0.238 e. The van der Waals surface area contributed by atoms with Crippen LogP contribution in [0.3, 0.4) is 0 Å². The summed E-state index contributed by atoms with van der Waals surface area (Å²) in [6, 6.07) is 16.4. The van der Waals surface area contributed by atoms with Gasteiger partial charge in [-0.3, -0.25) is 0 Å². The predicted molar refractivity (Wildman–Crippen MR) is 134 cm³/mol. The molecule has 4 N–H and O–H groups in total. The van der Waals surface area contributed by atoms with Crippen LogP contribution >= 0.6 is 11.8 Å². The number of nitrogens with zero attached hydrogens (tertiary/aromatic N) is 3. The van der Waals surface area contributed by atoms with Crippen molar-refractivity contribution in [3.05, 3.63) is 66.4 Å². The van der Waals surface area contributed by atoms with Crippen molar-refractivity contribution < 1.29 is 8.42 Å². The Bertz CT molecular complexity index is 1380. The maximum atomic E-state index is 11.5. The van der Waals surface area contributed by atoms with Gasteiger partial charge in [0.1, 0.15) is 5.52 Å². The van der Waals surface area contributed by atoms with Crippen LogP contribution in [0.1, 0.15) is 19.4 Å². The molecule has 0 aliphatic heterocycles. The third-order valence-electron chi connectivity index (χ3n) is 4.94. The lowest BCUT2D eigenvalue weighted by atomic mass is 10.2. The topological polar surface area (TPSA) is 115 Å². The minimum atomic E-state index is -3.74. The molecule has 4 rings (SSSR count). The summed E-state index contributed by atoms with van der Waals surface area (Å²) in [6.07, 6.45) is 1.94. The molecule has 0 spiro atoms. The Kier molecular flexibility index (Phi) is 6.59. The zero-order valence-electron chi connectivity index (χ0n) is 18.6. The van der Waals surface area contributed by atoms with E-state index in [1.54, 1.807) is 12.1 Å². The van der Waals surface area contributed by atoms with Crippen LogP contribution in [0.4, 0.5) is 17.5 Å². The van der Waals surface area contributed by atoms with E-state index in [4.69, 9.17) is 10.1 Å². The quantitative estimate of drug-likeness (QED) is 0.317. The molecule has 33 heavy (non-hydrogen) atoms. The summed E-state index contributed by atoms with van der Waals surface area (Å²) in [4.78, 5) is 10.6. The van der Waals surface area contributed by atoms with Crippen LogP contribution in [0.15, 0.2) is 70.6 Å². The van der Waals surface area contributed by atoms with Gasteiger partial charge >= 0.3 is 0 Å². The molecule has 8 nitrogen and oxygen atoms in total. The summed E-state index contributed by atoms with van der Waals surface area (Å²) in [5.41, 5.74) is 3.55. The van der Waals surface area contributed by atoms with Crippen LogP contribution < -0.4 is 15.8 Å². The van der Waals surface area contributed by atoms with E-state index in [9.17, 15) is 8.42 Å². The van der Waals surface area contributed by atoms with Crippen LogP contribution in [0.5, 0.6) is 0 Å². The number of rotatable bonds is 8. The molecule has 0 saturated carbocycles. The number of benzene rings is 2. The van der Waals surface area contributed by atoms with E-state index >= 15 is 0 Å². The number of anilines is 3. The average molecular weight is 483 g/mol. The highest BCUT2D eigenvalue weighted by molar-refractivity contribution is 8.00. The van der Waals surface area contributed by atoms with E-state index in [0.29, 0.717) is 29.2 Å². The minimum Gasteiger partial charge on any atom is -0.364 e. The number of hydrogen-bond donors (Lipinski definition) is 3. The molecule has 4 aromatic rings. The van der Waals surface area contributed by atoms with Crippen molar-refractivity contribution in [1.82, 2.24) is 14.5 Å². The number of thioether (sulfide) groups is 1. The van der Waals surface area contributed by atoms with Crippen LogP contribution in [-0.2, 0) is 23.6 Å². The first-order chi connectivity index (χ1) is 15.7. The summed E-state index contributed by atoms with van der Waals surface area (Å²) in [5, 5.41) is 12.3. The van der Waals surface area contributed by atoms with E-state index in [1.165, 1.54) is 22.6 Å². The minimum absolute atomic E-state index is 0.0489. The van der Waals surface area contributed by atoms with Crippen molar-refractivity contribution >= 4 is 50.3 Å². The van der Waals surface area contributed by atoms with Crippen LogP contribution in [0, 0.1) is 0 Å². The number of aromatic nitrogens is 3. The lowest BCUT2D eigenvalue weighted by molar-refractivity contribution is 0.598. The molecule has 0 unspecified atom stereocenters. The van der Waals surface area contributed by atoms with E-state index < -0.39 is 10.0 Å². The van der Waals surface area contributed by atoms with Crippen LogP contribution in [0.25, 0.3) is 11.0 Å². The van der Waals surface area contributed by atoms with Gasteiger partial charge in [-0.1, -0.05) is 32.0 Å². The summed E-state index contributed by atoms with van der Waals surface area (Å²) in [5.74, 6) is 1.12. The number of fused-ring (bicyclic) bond motifs is 1. The first-order valence-corrected chi connectivity index (χ1v) is 12.8. The van der Waals surface area contributed by atoms with Crippen molar-refractivity contribution in [2.45, 2.75) is 35.4 Å². The molecule has 0 saturated heterocycles. The van der Waals surface area contributed by atoms with Gasteiger partial charge < -0.3 is 15.2 Å². The van der Waals surface area contributed by atoms with Gasteiger partial charge in [0.05, 0.1) is 10.4 Å². The highest BCUT2D eigenvalue weighted by Gasteiger charge is 2.13. The molecular weight excluding hydrogens is 456 g/mol. The molecule has 172 valence electrons. The van der Waals surface area contributed by atoms with Gasteiger partial charge in [-0.15, -0.1) is 11.8 Å². The second-order valence-electron chi connectivity index (χ2n) is 7.88. The fourth-order valence-electron chi connectivity index (χ4n) is 3.43. The number of sulfonamides is 1. The predicted octanol–water partition coefficient (Wildman–Crippen LogP) is 4.47. The van der Waals surface area contributed by atoms with Gasteiger partial charge in [-0.25, -0.2) is 18.5 Å². The lowest BCUT2D eigenvalue weighted by Gasteiger charge is -2.14. The number of nitrogens with one attached hydrogen (secondary N) is 2. The summed E-state index contributed by atoms with van der Waals surface area (Å²) < 4.78 is 25.0. The van der Waals surface area contributed by atoms with E-state index in [1.807, 2.05) is 41.7 Å². The Morgan fingerprint density at radius 2 is 1.79 bits per heavy atom. The molecule has 0 aliphatic carbocycles. The van der Waals surface area contributed by atoms with Gasteiger partial charge in [0.2, 0.25) is 16.0 Å². The van der Waals surface area contributed by atoms with Gasteiger partial charge in [0.25, 0.3) is 0 Å². The number of nitrogens with two attached hydrogens (primary N) is 1. The second-order valence-corrected chi connectivity index (χ2v) is 11.1. The van der Waals surface area contributed by atoms with Crippen LogP contribution in [-0.4, -0.2) is 28.2 Å². The van der Waals surface area contributed by atoms with Crippen molar-refractivity contribution in [1.29, 1.82) is 0 Å². The van der Waals surface area contributed by atoms with Gasteiger partial charge in [0.15, 0.2) is 5.82 Å². The maximum Gasteiger partial charge on any atom is 0.238 e. The van der Waals surface area contributed by atoms with Gasteiger partial charge in [-0.2, -0.15) is 4.98 Å². The van der Waals surface area contributed by atoms with Gasteiger partial charge in [0, 0.05) is 35.6 Å². The molecule has 2 aromatic heterocycles. The normalized spacial score (nSPS) is 11.8. The summed E-state index contributed by atoms with van der Waals surface area (Å²) >= 11 is 1.83. The first kappa shape index (κ1) is 23.1. The van der Waals surface area contributed by atoms with Crippen molar-refractivity contribution in [2.24, 2.45) is 12.2 Å². The standard InChI is InChI=1S/C23H26N6O2S2/c1-15(2)32-20-7-5-4-6-16(20)14-25-22-21-19(12-13-29(21)3)27-23(28-22)26-17-8-10-18(11-9-17)33(24,30)31/h4-13,15H,14H2,1-3H3,(H2,24,30,31)(H2,25,26,27,28). The van der Waals surface area contributed by atoms with E-state index in [-0.39, 0.29) is 4.90 Å². The Balaban J connectivity index is 1.62. The van der Waals surface area contributed by atoms with Crippen molar-refractivity contribution in [3.8, 4) is 0 Å². The largest absolute Gasteiger partial charge is 0.364 e. The first-order valence-electron chi connectivity index (χ1n) is 10.4. The zero-order valence-corrected chi connectivity index (χ0v) is 20.2. The zero-order chi connectivity index (χ0) is 23.6. The van der Waals surface area contributed by atoms with Gasteiger partial charge in [-0.05, 0) is 42.0 Å². The highest BCUT2D eigenvalue weighted by Crippen LogP contribution is 2.29. The number of aryl methyl sites for hydroxylation is 1. The molecule has 0 aliphatic rings. The number of hydrogen-bond acceptors (Lipinski definition) is 7. The molecule has 0 fully saturated rings. The Morgan fingerprint density at radius 3 is 2.48 bits per heavy atom. The lowest BCUT2D eigenvalue weighted by Crippen LogP contribution is -2.12. The monoisotopic (exact) mass is 482 g/mol. The van der Waals surface area contributed by atoms with Crippen LogP contribution in [0.2, 0.25) is 0 Å². The van der Waals surface area contributed by atoms with E-state index in [2.05, 4.69) is 47.7 Å². The fraction of sp³-hybridized carbons (Fsp3) is 0.217. The molecule has 10 heteroatoms. The Labute approximate surface area is 197 Å². The SMILES string of the molecule is CC(C)Sc1ccccc1CNc1nc(Nc2ccc(S(N)(=O)=O)cc2)nc2ccn(C)c12. The molecule has 2 aromatic carbocycles. The van der Waals surface area contributed by atoms with Crippen molar-refractivity contribution in [2.75, 3.05) is 10.6 Å².